The number of para-hydroxylation sites is 1. The second kappa shape index (κ2) is 6.17. The molecule has 0 saturated heterocycles. The number of hydrogen-bond acceptors (Lipinski definition) is 4. The van der Waals surface area contributed by atoms with Gasteiger partial charge >= 0.3 is 0 Å². The van der Waals surface area contributed by atoms with E-state index in [0.29, 0.717) is 18.7 Å². The quantitative estimate of drug-likeness (QED) is 0.875. The number of hydrogen-bond donors (Lipinski definition) is 2. The molecule has 0 aromatic heterocycles. The maximum Gasteiger partial charge on any atom is 0.271 e. The van der Waals surface area contributed by atoms with Gasteiger partial charge in [0.05, 0.1) is 6.04 Å². The predicted octanol–water partition coefficient (Wildman–Crippen LogP) is 2.03. The molecule has 0 radical (unpaired) electrons. The molecule has 122 valence electrons. The molecule has 2 aliphatic heterocycles. The van der Waals surface area contributed by atoms with E-state index in [1.165, 1.54) is 0 Å². The van der Waals surface area contributed by atoms with Crippen LogP contribution in [0.2, 0.25) is 0 Å². The molecule has 4 rings (SSSR count). The molecule has 2 N–H and O–H groups in total. The highest BCUT2D eigenvalue weighted by molar-refractivity contribution is 6.45. The van der Waals surface area contributed by atoms with Crippen molar-refractivity contribution in [3.8, 4) is 0 Å². The summed E-state index contributed by atoms with van der Waals surface area (Å²) >= 11 is 0. The topological polar surface area (TPSA) is 70.6 Å². The van der Waals surface area contributed by atoms with Crippen molar-refractivity contribution in [2.24, 2.45) is 4.99 Å². The summed E-state index contributed by atoms with van der Waals surface area (Å²) in [7, 11) is 0. The van der Waals surface area contributed by atoms with E-state index in [4.69, 9.17) is 0 Å². The lowest BCUT2D eigenvalue weighted by molar-refractivity contribution is -0.115. The number of nitrogens with one attached hydrogen (secondary N) is 2. The lowest BCUT2D eigenvalue weighted by Crippen LogP contribution is -2.53. The van der Waals surface area contributed by atoms with Gasteiger partial charge in [0.2, 0.25) is 0 Å². The smallest absolute Gasteiger partial charge is 0.271 e. The molecule has 1 aliphatic carbocycles. The van der Waals surface area contributed by atoms with E-state index in [-0.39, 0.29) is 23.8 Å². The first-order valence-electron chi connectivity index (χ1n) is 8.32. The predicted molar refractivity (Wildman–Crippen MR) is 93.1 cm³/mol. The molecular formula is C19H19N3O2. The third-order valence-corrected chi connectivity index (χ3v) is 4.72. The molecule has 5 nitrogen and oxygen atoms in total. The summed E-state index contributed by atoms with van der Waals surface area (Å²) in [6.07, 6.45) is 5.98. The Bertz CT molecular complexity index is 777. The first-order valence-corrected chi connectivity index (χ1v) is 8.32. The number of nitrogens with zero attached hydrogens (tertiary/aromatic N) is 1. The molecule has 0 fully saturated rings. The van der Waals surface area contributed by atoms with Crippen molar-refractivity contribution >= 4 is 23.1 Å². The van der Waals surface area contributed by atoms with E-state index < -0.39 is 0 Å². The Hall–Kier alpha value is -2.53. The van der Waals surface area contributed by atoms with E-state index in [9.17, 15) is 9.59 Å². The van der Waals surface area contributed by atoms with Crippen LogP contribution in [0.3, 0.4) is 0 Å². The minimum Gasteiger partial charge on any atom is -0.321 e. The number of aliphatic imine (C=N–C) groups is 1. The largest absolute Gasteiger partial charge is 0.321 e. The van der Waals surface area contributed by atoms with Gasteiger partial charge in [-0.15, -0.1) is 0 Å². The summed E-state index contributed by atoms with van der Waals surface area (Å²) in [5, 5.41) is 6.43. The van der Waals surface area contributed by atoms with E-state index in [2.05, 4.69) is 21.7 Å². The monoisotopic (exact) mass is 321 g/mol. The van der Waals surface area contributed by atoms with Gasteiger partial charge in [-0.25, -0.2) is 0 Å². The molecule has 2 atom stereocenters. The van der Waals surface area contributed by atoms with Gasteiger partial charge in [0, 0.05) is 24.7 Å². The van der Waals surface area contributed by atoms with Gasteiger partial charge in [0.1, 0.15) is 5.71 Å². The number of rotatable bonds is 2. The van der Waals surface area contributed by atoms with Crippen molar-refractivity contribution in [3.05, 3.63) is 53.6 Å². The van der Waals surface area contributed by atoms with Crippen LogP contribution >= 0.6 is 0 Å². The van der Waals surface area contributed by atoms with Crippen molar-refractivity contribution < 1.29 is 9.59 Å². The number of benzene rings is 1. The average Bonchev–Trinajstić information content (AvgIpc) is 2.60. The van der Waals surface area contributed by atoms with Crippen LogP contribution in [0.5, 0.6) is 0 Å². The maximum atomic E-state index is 12.7. The van der Waals surface area contributed by atoms with Crippen LogP contribution in [0.1, 0.15) is 19.3 Å². The van der Waals surface area contributed by atoms with Crippen LogP contribution in [0.25, 0.3) is 0 Å². The molecule has 0 saturated carbocycles. The first-order chi connectivity index (χ1) is 11.7. The fraction of sp³-hybridized carbons (Fsp3) is 0.316. The number of ketones is 1. The van der Waals surface area contributed by atoms with Gasteiger partial charge in [-0.3, -0.25) is 19.9 Å². The Morgan fingerprint density at radius 3 is 2.83 bits per heavy atom. The van der Waals surface area contributed by atoms with Gasteiger partial charge in [0.25, 0.3) is 5.91 Å². The van der Waals surface area contributed by atoms with Crippen LogP contribution in [-0.4, -0.2) is 36.0 Å². The summed E-state index contributed by atoms with van der Waals surface area (Å²) in [5.74, 6) is 0.0217. The molecule has 2 heterocycles. The zero-order valence-corrected chi connectivity index (χ0v) is 13.3. The number of amides is 1. The number of fused-ring (bicyclic) bond motifs is 2. The van der Waals surface area contributed by atoms with E-state index in [0.717, 1.165) is 29.7 Å². The highest BCUT2D eigenvalue weighted by Crippen LogP contribution is 2.29. The van der Waals surface area contributed by atoms with Gasteiger partial charge in [-0.1, -0.05) is 24.3 Å². The lowest BCUT2D eigenvalue weighted by atomic mass is 9.82. The Balaban J connectivity index is 1.58. The van der Waals surface area contributed by atoms with Crippen molar-refractivity contribution in [2.45, 2.75) is 31.3 Å². The third-order valence-electron chi connectivity index (χ3n) is 4.72. The molecule has 1 amide bonds. The lowest BCUT2D eigenvalue weighted by Gasteiger charge is -2.37. The number of carbonyl (C=O) groups excluding carboxylic acids is 2. The summed E-state index contributed by atoms with van der Waals surface area (Å²) in [6, 6.07) is 9.38. The molecule has 3 aliphatic rings. The van der Waals surface area contributed by atoms with E-state index >= 15 is 0 Å². The molecule has 0 spiro atoms. The molecule has 1 aromatic rings. The zero-order valence-electron chi connectivity index (χ0n) is 13.3. The van der Waals surface area contributed by atoms with Gasteiger partial charge in [-0.05, 0) is 42.2 Å². The van der Waals surface area contributed by atoms with Crippen LogP contribution in [-0.2, 0) is 9.59 Å². The highest BCUT2D eigenvalue weighted by Gasteiger charge is 2.36. The van der Waals surface area contributed by atoms with Crippen LogP contribution in [0.4, 0.5) is 5.69 Å². The fourth-order valence-electron chi connectivity index (χ4n) is 3.53. The first kappa shape index (κ1) is 15.0. The minimum absolute atomic E-state index is 0.129. The Kier molecular flexibility index (Phi) is 3.86. The fourth-order valence-corrected chi connectivity index (χ4v) is 3.53. The third kappa shape index (κ3) is 2.83. The second-order valence-electron chi connectivity index (χ2n) is 6.36. The number of carbonyl (C=O) groups is 2. The molecule has 2 unspecified atom stereocenters. The standard InChI is InChI=1S/C19H19N3O2/c23-15-6-7-16-13(11-15)10-12-8-9-20-18(17(12)22-16)19(24)21-14-4-2-1-3-5-14/h1-5,10-11,16-17,22H,6-9H2,(H,21,24). The van der Waals surface area contributed by atoms with Crippen LogP contribution in [0.15, 0.2) is 58.6 Å². The van der Waals surface area contributed by atoms with Gasteiger partial charge < -0.3 is 5.32 Å². The normalized spacial score (nSPS) is 25.7. The van der Waals surface area contributed by atoms with Crippen molar-refractivity contribution in [3.63, 3.8) is 0 Å². The van der Waals surface area contributed by atoms with Gasteiger partial charge in [0.15, 0.2) is 5.78 Å². The summed E-state index contributed by atoms with van der Waals surface area (Å²) in [4.78, 5) is 28.8. The molecule has 24 heavy (non-hydrogen) atoms. The molecular weight excluding hydrogens is 302 g/mol. The van der Waals surface area contributed by atoms with Gasteiger partial charge in [-0.2, -0.15) is 0 Å². The highest BCUT2D eigenvalue weighted by atomic mass is 16.2. The SMILES string of the molecule is O=C1C=C2C=C3CCN=C(C(=O)Nc4ccccc4)C3NC2CC1. The molecule has 1 aromatic carbocycles. The average molecular weight is 321 g/mol. The Morgan fingerprint density at radius 1 is 1.17 bits per heavy atom. The summed E-state index contributed by atoms with van der Waals surface area (Å²) in [5.41, 5.74) is 3.48. The zero-order chi connectivity index (χ0) is 16.5. The number of allylic oxidation sites excluding steroid dienone is 1. The summed E-state index contributed by atoms with van der Waals surface area (Å²) < 4.78 is 0. The maximum absolute atomic E-state index is 12.7. The van der Waals surface area contributed by atoms with Crippen molar-refractivity contribution in [1.82, 2.24) is 5.32 Å². The number of anilines is 1. The van der Waals surface area contributed by atoms with E-state index in [1.807, 2.05) is 30.3 Å². The van der Waals surface area contributed by atoms with E-state index in [1.54, 1.807) is 6.08 Å². The minimum atomic E-state index is -0.163. The van der Waals surface area contributed by atoms with Crippen LogP contribution < -0.4 is 10.6 Å². The second-order valence-corrected chi connectivity index (χ2v) is 6.36. The van der Waals surface area contributed by atoms with Crippen molar-refractivity contribution in [1.29, 1.82) is 0 Å². The summed E-state index contributed by atoms with van der Waals surface area (Å²) in [6.45, 7) is 0.605. The van der Waals surface area contributed by atoms with Crippen LogP contribution in [0, 0.1) is 0 Å². The molecule has 5 heteroatoms. The molecule has 0 bridgehead atoms. The van der Waals surface area contributed by atoms with Crippen molar-refractivity contribution in [2.75, 3.05) is 11.9 Å². The Morgan fingerprint density at radius 2 is 2.00 bits per heavy atom. The Labute approximate surface area is 140 Å².